The molecule has 0 saturated carbocycles. The third-order valence-electron chi connectivity index (χ3n) is 3.18. The number of aryl methyl sites for hydroxylation is 1. The summed E-state index contributed by atoms with van der Waals surface area (Å²) in [5.41, 5.74) is 2.29. The average Bonchev–Trinajstić information content (AvgIpc) is 2.92. The van der Waals surface area contributed by atoms with Crippen LogP contribution in [-0.4, -0.2) is 41.4 Å². The van der Waals surface area contributed by atoms with Crippen molar-refractivity contribution in [3.63, 3.8) is 0 Å². The highest BCUT2D eigenvalue weighted by molar-refractivity contribution is 7.99. The maximum atomic E-state index is 11.2. The molecular weight excluding hydrogens is 318 g/mol. The van der Waals surface area contributed by atoms with Crippen LogP contribution in [0.3, 0.4) is 0 Å². The molecule has 0 amide bonds. The first-order chi connectivity index (χ1) is 10.4. The summed E-state index contributed by atoms with van der Waals surface area (Å²) in [5, 5.41) is 7.76. The van der Waals surface area contributed by atoms with Crippen molar-refractivity contribution in [2.45, 2.75) is 25.4 Å². The van der Waals surface area contributed by atoms with Crippen molar-refractivity contribution in [3.05, 3.63) is 29.8 Å². The molecule has 0 aliphatic carbocycles. The van der Waals surface area contributed by atoms with Crippen LogP contribution in [0.5, 0.6) is 0 Å². The molecule has 0 radical (unpaired) electrons. The van der Waals surface area contributed by atoms with Gasteiger partial charge in [-0.2, -0.15) is 0 Å². The number of nitrogens with one attached hydrogen (secondary N) is 1. The molecule has 0 fully saturated rings. The smallest absolute Gasteiger partial charge is 0.208 e. The highest BCUT2D eigenvalue weighted by Gasteiger charge is 2.13. The van der Waals surface area contributed by atoms with Crippen LogP contribution in [0.25, 0.3) is 11.4 Å². The van der Waals surface area contributed by atoms with Crippen molar-refractivity contribution in [3.8, 4) is 11.4 Å². The minimum Gasteiger partial charge on any atom is -0.258 e. The summed E-state index contributed by atoms with van der Waals surface area (Å²) in [4.78, 5) is 4.45. The van der Waals surface area contributed by atoms with Crippen molar-refractivity contribution < 1.29 is 8.42 Å². The van der Waals surface area contributed by atoms with Crippen molar-refractivity contribution >= 4 is 21.6 Å². The topological polar surface area (TPSA) is 75.7 Å². The van der Waals surface area contributed by atoms with Crippen molar-refractivity contribution in [1.29, 1.82) is 0 Å². The van der Waals surface area contributed by atoms with Crippen LogP contribution < -0.4 is 0 Å². The molecule has 0 aliphatic rings. The van der Waals surface area contributed by atoms with E-state index in [1.807, 2.05) is 19.1 Å². The summed E-state index contributed by atoms with van der Waals surface area (Å²) in [6.45, 7) is 4.04. The van der Waals surface area contributed by atoms with Gasteiger partial charge in [-0.05, 0) is 17.9 Å². The predicted octanol–water partition coefficient (Wildman–Crippen LogP) is 2.81. The van der Waals surface area contributed by atoms with Gasteiger partial charge in [0, 0.05) is 17.6 Å². The fourth-order valence-electron chi connectivity index (χ4n) is 2.12. The van der Waals surface area contributed by atoms with Crippen LogP contribution in [0.2, 0.25) is 0 Å². The molecule has 2 rings (SSSR count). The van der Waals surface area contributed by atoms with Crippen LogP contribution in [0.1, 0.15) is 19.4 Å². The molecule has 22 heavy (non-hydrogen) atoms. The maximum absolute atomic E-state index is 11.2. The summed E-state index contributed by atoms with van der Waals surface area (Å²) < 4.78 is 22.5. The van der Waals surface area contributed by atoms with Gasteiger partial charge >= 0.3 is 0 Å². The lowest BCUT2D eigenvalue weighted by molar-refractivity contribution is 0.589. The third-order valence-corrected chi connectivity index (χ3v) is 5.54. The van der Waals surface area contributed by atoms with E-state index in [0.29, 0.717) is 10.9 Å². The van der Waals surface area contributed by atoms with Gasteiger partial charge in [0.2, 0.25) is 5.16 Å². The minimum atomic E-state index is -2.93. The Bertz CT molecular complexity index is 709. The summed E-state index contributed by atoms with van der Waals surface area (Å²) in [6.07, 6.45) is 2.27. The van der Waals surface area contributed by atoms with E-state index in [9.17, 15) is 8.42 Å². The minimum absolute atomic E-state index is 0.0748. The molecule has 1 heterocycles. The summed E-state index contributed by atoms with van der Waals surface area (Å²) in [7, 11) is -2.93. The zero-order chi connectivity index (χ0) is 16.2. The second-order valence-corrected chi connectivity index (χ2v) is 8.70. The van der Waals surface area contributed by atoms with Gasteiger partial charge in [0.1, 0.15) is 9.84 Å². The molecule has 0 unspecified atom stereocenters. The summed E-state index contributed by atoms with van der Waals surface area (Å²) >= 11 is 1.47. The summed E-state index contributed by atoms with van der Waals surface area (Å²) in [5.74, 6) is 1.68. The molecular formula is C15H21N3O2S2. The molecule has 1 aromatic carbocycles. The van der Waals surface area contributed by atoms with Gasteiger partial charge in [-0.3, -0.25) is 5.10 Å². The monoisotopic (exact) mass is 339 g/mol. The van der Waals surface area contributed by atoms with Gasteiger partial charge in [-0.1, -0.05) is 49.9 Å². The zero-order valence-corrected chi connectivity index (χ0v) is 14.7. The van der Waals surface area contributed by atoms with Crippen LogP contribution in [0.15, 0.2) is 29.4 Å². The number of aromatic amines is 1. The molecule has 0 aliphatic heterocycles. The van der Waals surface area contributed by atoms with Crippen molar-refractivity contribution in [2.75, 3.05) is 17.8 Å². The van der Waals surface area contributed by atoms with Crippen LogP contribution >= 0.6 is 11.8 Å². The quantitative estimate of drug-likeness (QED) is 0.785. The Hall–Kier alpha value is -1.34. The lowest BCUT2D eigenvalue weighted by Crippen LogP contribution is -2.13. The number of aromatic nitrogens is 3. The zero-order valence-electron chi connectivity index (χ0n) is 13.0. The van der Waals surface area contributed by atoms with Gasteiger partial charge in [-0.15, -0.1) is 5.10 Å². The molecule has 7 heteroatoms. The van der Waals surface area contributed by atoms with E-state index in [4.69, 9.17) is 0 Å². The highest BCUT2D eigenvalue weighted by Crippen LogP contribution is 2.21. The van der Waals surface area contributed by atoms with E-state index in [1.165, 1.54) is 23.6 Å². The Balaban J connectivity index is 1.96. The molecule has 2 aromatic rings. The van der Waals surface area contributed by atoms with Crippen LogP contribution in [0.4, 0.5) is 0 Å². The highest BCUT2D eigenvalue weighted by atomic mass is 32.2. The van der Waals surface area contributed by atoms with E-state index >= 15 is 0 Å². The van der Waals surface area contributed by atoms with Crippen LogP contribution in [0, 0.1) is 5.92 Å². The van der Waals surface area contributed by atoms with E-state index in [0.717, 1.165) is 17.8 Å². The second-order valence-electron chi connectivity index (χ2n) is 5.53. The third kappa shape index (κ3) is 5.14. The average molecular weight is 339 g/mol. The number of nitrogens with zero attached hydrogens (tertiary/aromatic N) is 2. The fourth-order valence-corrected chi connectivity index (χ4v) is 4.24. The second kappa shape index (κ2) is 7.28. The Kier molecular flexibility index (Phi) is 5.63. The van der Waals surface area contributed by atoms with E-state index < -0.39 is 9.84 Å². The Morgan fingerprint density at radius 3 is 2.55 bits per heavy atom. The molecule has 0 bridgehead atoms. The van der Waals surface area contributed by atoms with Gasteiger partial charge in [0.15, 0.2) is 5.82 Å². The SMILES string of the molecule is CCc1ccc(-c2nc(SC[C@@H](C)CS(C)(=O)=O)n[nH]2)cc1. The molecule has 120 valence electrons. The van der Waals surface area contributed by atoms with Crippen molar-refractivity contribution in [1.82, 2.24) is 15.2 Å². The molecule has 1 atom stereocenters. The number of sulfone groups is 1. The predicted molar refractivity (Wildman–Crippen MR) is 90.8 cm³/mol. The Morgan fingerprint density at radius 2 is 1.95 bits per heavy atom. The number of benzene rings is 1. The fraction of sp³-hybridized carbons (Fsp3) is 0.467. The molecule has 0 saturated heterocycles. The standard InChI is InChI=1S/C15H21N3O2S2/c1-4-12-5-7-13(8-6-12)14-16-15(18-17-14)21-9-11(2)10-22(3,19)20/h5-8,11H,4,9-10H2,1-3H3,(H,16,17,18)/t11-/m1/s1. The number of rotatable bonds is 7. The molecule has 1 N–H and O–H groups in total. The molecule has 1 aromatic heterocycles. The Labute approximate surface area is 135 Å². The first-order valence-electron chi connectivity index (χ1n) is 7.19. The maximum Gasteiger partial charge on any atom is 0.208 e. The first-order valence-corrected chi connectivity index (χ1v) is 10.2. The van der Waals surface area contributed by atoms with E-state index in [-0.39, 0.29) is 11.7 Å². The van der Waals surface area contributed by atoms with E-state index in [2.05, 4.69) is 34.2 Å². The van der Waals surface area contributed by atoms with Gasteiger partial charge in [-0.25, -0.2) is 13.4 Å². The Morgan fingerprint density at radius 1 is 1.27 bits per heavy atom. The molecule has 5 nitrogen and oxygen atoms in total. The number of thioether (sulfide) groups is 1. The van der Waals surface area contributed by atoms with Gasteiger partial charge in [0.25, 0.3) is 0 Å². The van der Waals surface area contributed by atoms with Crippen LogP contribution in [-0.2, 0) is 16.3 Å². The van der Waals surface area contributed by atoms with Gasteiger partial charge < -0.3 is 0 Å². The van der Waals surface area contributed by atoms with E-state index in [1.54, 1.807) is 0 Å². The normalized spacial score (nSPS) is 13.2. The number of H-pyrrole nitrogens is 1. The number of hydrogen-bond acceptors (Lipinski definition) is 5. The molecule has 0 spiro atoms. The van der Waals surface area contributed by atoms with Crippen molar-refractivity contribution in [2.24, 2.45) is 5.92 Å². The van der Waals surface area contributed by atoms with Gasteiger partial charge in [0.05, 0.1) is 5.75 Å². The lowest BCUT2D eigenvalue weighted by Gasteiger charge is -2.07. The summed E-state index contributed by atoms with van der Waals surface area (Å²) in [6, 6.07) is 8.22. The largest absolute Gasteiger partial charge is 0.258 e. The number of hydrogen-bond donors (Lipinski definition) is 1. The first kappa shape index (κ1) is 17.0. The lowest BCUT2D eigenvalue weighted by atomic mass is 10.1.